The zero-order valence-corrected chi connectivity index (χ0v) is 11.2. The first-order valence-corrected chi connectivity index (χ1v) is 6.27. The Hall–Kier alpha value is -2.37. The summed E-state index contributed by atoms with van der Waals surface area (Å²) in [4.78, 5) is 4.43. The fourth-order valence-corrected chi connectivity index (χ4v) is 1.90. The zero-order valence-electron chi connectivity index (χ0n) is 11.2. The van der Waals surface area contributed by atoms with Crippen molar-refractivity contribution in [3.05, 3.63) is 36.3 Å². The predicted molar refractivity (Wildman–Crippen MR) is 73.6 cm³/mol. The molecule has 1 N–H and O–H groups in total. The minimum Gasteiger partial charge on any atom is -0.320 e. The smallest absolute Gasteiger partial charge is 0.247 e. The van der Waals surface area contributed by atoms with E-state index < -0.39 is 0 Å². The van der Waals surface area contributed by atoms with Crippen LogP contribution in [-0.2, 0) is 0 Å². The van der Waals surface area contributed by atoms with Crippen LogP contribution in [0.25, 0.3) is 5.65 Å². The standard InChI is InChI=1S/C13H16N6/c1-9(2)18-8-11(7-14-18)15-13-16-12-6-4-5-10(3)19(12)17-13/h4-9H,1-3H3,(H,15,17). The maximum atomic E-state index is 4.43. The van der Waals surface area contributed by atoms with Gasteiger partial charge in [0, 0.05) is 17.9 Å². The second-order valence-electron chi connectivity index (χ2n) is 4.80. The van der Waals surface area contributed by atoms with E-state index >= 15 is 0 Å². The predicted octanol–water partition coefficient (Wildman–Crippen LogP) is 2.56. The molecule has 0 saturated carbocycles. The van der Waals surface area contributed by atoms with Crippen molar-refractivity contribution < 1.29 is 0 Å². The second-order valence-corrected chi connectivity index (χ2v) is 4.80. The van der Waals surface area contributed by atoms with E-state index in [-0.39, 0.29) is 0 Å². The highest BCUT2D eigenvalue weighted by molar-refractivity contribution is 5.54. The molecule has 0 fully saturated rings. The van der Waals surface area contributed by atoms with Crippen molar-refractivity contribution in [3.8, 4) is 0 Å². The van der Waals surface area contributed by atoms with Crippen LogP contribution in [0, 0.1) is 6.92 Å². The van der Waals surface area contributed by atoms with Gasteiger partial charge in [-0.05, 0) is 32.9 Å². The van der Waals surface area contributed by atoms with E-state index in [4.69, 9.17) is 0 Å². The van der Waals surface area contributed by atoms with Crippen LogP contribution in [0.3, 0.4) is 0 Å². The summed E-state index contributed by atoms with van der Waals surface area (Å²) in [6.07, 6.45) is 3.72. The third-order valence-electron chi connectivity index (χ3n) is 2.94. The Kier molecular flexibility index (Phi) is 2.70. The van der Waals surface area contributed by atoms with Crippen LogP contribution >= 0.6 is 0 Å². The molecule has 0 bridgehead atoms. The van der Waals surface area contributed by atoms with E-state index in [1.165, 1.54) is 0 Å². The maximum absolute atomic E-state index is 4.43. The number of hydrogen-bond acceptors (Lipinski definition) is 4. The molecule has 3 aromatic rings. The van der Waals surface area contributed by atoms with Gasteiger partial charge in [-0.3, -0.25) is 4.68 Å². The molecular formula is C13H16N6. The molecule has 0 atom stereocenters. The SMILES string of the molecule is Cc1cccc2nc(Nc3cnn(C(C)C)c3)nn12. The molecular weight excluding hydrogens is 240 g/mol. The number of nitrogens with zero attached hydrogens (tertiary/aromatic N) is 5. The zero-order chi connectivity index (χ0) is 13.4. The first-order valence-electron chi connectivity index (χ1n) is 6.27. The summed E-state index contributed by atoms with van der Waals surface area (Å²) >= 11 is 0. The number of rotatable bonds is 3. The van der Waals surface area contributed by atoms with Gasteiger partial charge >= 0.3 is 0 Å². The lowest BCUT2D eigenvalue weighted by Crippen LogP contribution is -2.00. The van der Waals surface area contributed by atoms with Crippen molar-refractivity contribution in [2.45, 2.75) is 26.8 Å². The van der Waals surface area contributed by atoms with Crippen LogP contribution in [0.1, 0.15) is 25.6 Å². The number of fused-ring (bicyclic) bond motifs is 1. The van der Waals surface area contributed by atoms with Crippen LogP contribution in [0.4, 0.5) is 11.6 Å². The normalized spacial score (nSPS) is 11.4. The Morgan fingerprint density at radius 3 is 2.79 bits per heavy atom. The molecule has 0 aliphatic rings. The molecule has 0 aromatic carbocycles. The van der Waals surface area contributed by atoms with Crippen LogP contribution in [0.5, 0.6) is 0 Å². The fraction of sp³-hybridized carbons (Fsp3) is 0.308. The summed E-state index contributed by atoms with van der Waals surface area (Å²) in [5.74, 6) is 0.581. The quantitative estimate of drug-likeness (QED) is 0.782. The number of nitrogens with one attached hydrogen (secondary N) is 1. The molecule has 0 aliphatic heterocycles. The van der Waals surface area contributed by atoms with Crippen molar-refractivity contribution in [3.63, 3.8) is 0 Å². The van der Waals surface area contributed by atoms with E-state index in [0.29, 0.717) is 12.0 Å². The minimum absolute atomic E-state index is 0.340. The number of hydrogen-bond donors (Lipinski definition) is 1. The monoisotopic (exact) mass is 256 g/mol. The van der Waals surface area contributed by atoms with E-state index in [0.717, 1.165) is 17.0 Å². The highest BCUT2D eigenvalue weighted by Crippen LogP contribution is 2.15. The molecule has 0 radical (unpaired) electrons. The molecule has 0 aliphatic carbocycles. The maximum Gasteiger partial charge on any atom is 0.247 e. The molecule has 0 amide bonds. The lowest BCUT2D eigenvalue weighted by atomic mass is 10.4. The lowest BCUT2D eigenvalue weighted by molar-refractivity contribution is 0.532. The summed E-state index contributed by atoms with van der Waals surface area (Å²) in [7, 11) is 0. The first-order chi connectivity index (χ1) is 9.13. The van der Waals surface area contributed by atoms with E-state index in [1.54, 1.807) is 6.20 Å². The van der Waals surface area contributed by atoms with Gasteiger partial charge in [-0.2, -0.15) is 10.1 Å². The van der Waals surface area contributed by atoms with Crippen molar-refractivity contribution in [1.29, 1.82) is 0 Å². The van der Waals surface area contributed by atoms with E-state index in [1.807, 2.05) is 40.5 Å². The van der Waals surface area contributed by atoms with Crippen LogP contribution in [0.15, 0.2) is 30.6 Å². The highest BCUT2D eigenvalue weighted by Gasteiger charge is 2.07. The van der Waals surface area contributed by atoms with Crippen molar-refractivity contribution in [1.82, 2.24) is 24.4 Å². The van der Waals surface area contributed by atoms with Gasteiger partial charge in [0.15, 0.2) is 5.65 Å². The van der Waals surface area contributed by atoms with Gasteiger partial charge in [-0.25, -0.2) is 4.52 Å². The third kappa shape index (κ3) is 2.16. The molecule has 0 unspecified atom stereocenters. The highest BCUT2D eigenvalue weighted by atomic mass is 15.4. The molecule has 0 saturated heterocycles. The molecule has 19 heavy (non-hydrogen) atoms. The number of anilines is 2. The van der Waals surface area contributed by atoms with Gasteiger partial charge in [0.25, 0.3) is 0 Å². The third-order valence-corrected chi connectivity index (χ3v) is 2.94. The summed E-state index contributed by atoms with van der Waals surface area (Å²) in [5, 5.41) is 11.9. The first kappa shape index (κ1) is 11.7. The molecule has 3 aromatic heterocycles. The lowest BCUT2D eigenvalue weighted by Gasteiger charge is -2.02. The Bertz CT molecular complexity index is 709. The van der Waals surface area contributed by atoms with E-state index in [2.05, 4.69) is 34.3 Å². The summed E-state index contributed by atoms with van der Waals surface area (Å²) < 4.78 is 3.71. The molecule has 3 heterocycles. The minimum atomic E-state index is 0.340. The Morgan fingerprint density at radius 1 is 1.26 bits per heavy atom. The van der Waals surface area contributed by atoms with Gasteiger partial charge < -0.3 is 5.32 Å². The number of pyridine rings is 1. The van der Waals surface area contributed by atoms with Crippen molar-refractivity contribution in [2.75, 3.05) is 5.32 Å². The van der Waals surface area contributed by atoms with Gasteiger partial charge in [0.1, 0.15) is 0 Å². The van der Waals surface area contributed by atoms with Crippen molar-refractivity contribution >= 4 is 17.3 Å². The Labute approximate surface area is 111 Å². The molecule has 6 nitrogen and oxygen atoms in total. The van der Waals surface area contributed by atoms with Crippen LogP contribution in [0.2, 0.25) is 0 Å². The summed E-state index contributed by atoms with van der Waals surface area (Å²) in [5.41, 5.74) is 2.77. The van der Waals surface area contributed by atoms with Crippen molar-refractivity contribution in [2.24, 2.45) is 0 Å². The van der Waals surface area contributed by atoms with Gasteiger partial charge in [-0.15, -0.1) is 5.10 Å². The molecule has 0 spiro atoms. The second kappa shape index (κ2) is 4.38. The average molecular weight is 256 g/mol. The van der Waals surface area contributed by atoms with Gasteiger partial charge in [-0.1, -0.05) is 6.07 Å². The largest absolute Gasteiger partial charge is 0.320 e. The average Bonchev–Trinajstić information content (AvgIpc) is 2.96. The van der Waals surface area contributed by atoms with E-state index in [9.17, 15) is 0 Å². The Balaban J connectivity index is 1.90. The molecule has 3 rings (SSSR count). The number of aromatic nitrogens is 5. The molecule has 6 heteroatoms. The Morgan fingerprint density at radius 2 is 2.11 bits per heavy atom. The summed E-state index contributed by atoms with van der Waals surface area (Å²) in [6, 6.07) is 6.25. The van der Waals surface area contributed by atoms with Crippen LogP contribution < -0.4 is 5.32 Å². The fourth-order valence-electron chi connectivity index (χ4n) is 1.90. The number of aryl methyl sites for hydroxylation is 1. The van der Waals surface area contributed by atoms with Gasteiger partial charge in [0.2, 0.25) is 5.95 Å². The van der Waals surface area contributed by atoms with Crippen LogP contribution in [-0.4, -0.2) is 24.4 Å². The topological polar surface area (TPSA) is 60.0 Å². The summed E-state index contributed by atoms with van der Waals surface area (Å²) in [6.45, 7) is 6.18. The molecule has 98 valence electrons. The van der Waals surface area contributed by atoms with Gasteiger partial charge in [0.05, 0.1) is 11.9 Å².